The van der Waals surface area contributed by atoms with Crippen LogP contribution in [0.3, 0.4) is 0 Å². The van der Waals surface area contributed by atoms with Gasteiger partial charge in [0.25, 0.3) is 0 Å². The summed E-state index contributed by atoms with van der Waals surface area (Å²) in [6.07, 6.45) is 0.956. The van der Waals surface area contributed by atoms with Crippen molar-refractivity contribution < 1.29 is 4.74 Å². The Balaban J connectivity index is 2.22. The van der Waals surface area contributed by atoms with Gasteiger partial charge < -0.3 is 4.74 Å². The van der Waals surface area contributed by atoms with E-state index in [9.17, 15) is 0 Å². The van der Waals surface area contributed by atoms with E-state index in [1.807, 2.05) is 19.1 Å². The number of nitrogens with zero attached hydrogens (tertiary/aromatic N) is 2. The Labute approximate surface area is 124 Å². The van der Waals surface area contributed by atoms with Crippen LogP contribution in [-0.2, 0) is 6.42 Å². The van der Waals surface area contributed by atoms with E-state index < -0.39 is 0 Å². The van der Waals surface area contributed by atoms with Crippen molar-refractivity contribution in [1.29, 1.82) is 0 Å². The summed E-state index contributed by atoms with van der Waals surface area (Å²) in [6.45, 7) is 6.82. The van der Waals surface area contributed by atoms with Crippen LogP contribution >= 0.6 is 11.6 Å². The molecular formula is C16H17ClN2O. The van der Waals surface area contributed by atoms with E-state index in [4.69, 9.17) is 21.3 Å². The molecule has 0 amide bonds. The third-order valence-corrected chi connectivity index (χ3v) is 3.96. The fraction of sp³-hybridized carbons (Fsp3) is 0.375. The Hall–Kier alpha value is -1.61. The topological polar surface area (TPSA) is 35.0 Å². The Morgan fingerprint density at radius 2 is 2.05 bits per heavy atom. The molecule has 0 bridgehead atoms. The monoisotopic (exact) mass is 288 g/mol. The van der Waals surface area contributed by atoms with Crippen molar-refractivity contribution in [1.82, 2.24) is 9.97 Å². The van der Waals surface area contributed by atoms with E-state index in [1.165, 1.54) is 5.56 Å². The zero-order chi connectivity index (χ0) is 14.3. The number of hydrogen-bond donors (Lipinski definition) is 0. The molecule has 4 heteroatoms. The summed E-state index contributed by atoms with van der Waals surface area (Å²) in [5.41, 5.74) is 4.04. The molecule has 1 aromatic heterocycles. The van der Waals surface area contributed by atoms with Gasteiger partial charge in [-0.2, -0.15) is 0 Å². The Morgan fingerprint density at radius 1 is 1.25 bits per heavy atom. The maximum atomic E-state index is 6.27. The quantitative estimate of drug-likeness (QED) is 0.778. The minimum Gasteiger partial charge on any atom is -0.492 e. The Kier molecular flexibility index (Phi) is 3.38. The van der Waals surface area contributed by atoms with Gasteiger partial charge in [0.2, 0.25) is 0 Å². The number of fused-ring (bicyclic) bond motifs is 1. The third kappa shape index (κ3) is 2.16. The number of benzene rings is 1. The molecule has 0 atom stereocenters. The number of aromatic nitrogens is 2. The first-order chi connectivity index (χ1) is 9.58. The number of ether oxygens (including phenoxy) is 1. The molecule has 0 fully saturated rings. The first-order valence-electron chi connectivity index (χ1n) is 6.87. The molecular weight excluding hydrogens is 272 g/mol. The second-order valence-corrected chi connectivity index (χ2v) is 5.75. The summed E-state index contributed by atoms with van der Waals surface area (Å²) in [6, 6.07) is 6.20. The van der Waals surface area contributed by atoms with E-state index in [2.05, 4.69) is 24.9 Å². The summed E-state index contributed by atoms with van der Waals surface area (Å²) >= 11 is 6.27. The molecule has 2 heterocycles. The zero-order valence-corrected chi connectivity index (χ0v) is 12.7. The van der Waals surface area contributed by atoms with E-state index in [-0.39, 0.29) is 5.92 Å². The van der Waals surface area contributed by atoms with Gasteiger partial charge in [-0.3, -0.25) is 0 Å². The van der Waals surface area contributed by atoms with Gasteiger partial charge >= 0.3 is 0 Å². The van der Waals surface area contributed by atoms with E-state index in [0.29, 0.717) is 5.15 Å². The number of hydrogen-bond acceptors (Lipinski definition) is 3. The molecule has 104 valence electrons. The van der Waals surface area contributed by atoms with Gasteiger partial charge in [-0.1, -0.05) is 37.6 Å². The van der Waals surface area contributed by atoms with Gasteiger partial charge in [0.15, 0.2) is 0 Å². The smallest absolute Gasteiger partial charge is 0.136 e. The van der Waals surface area contributed by atoms with E-state index >= 15 is 0 Å². The number of halogens is 1. The van der Waals surface area contributed by atoms with Crippen molar-refractivity contribution in [3.63, 3.8) is 0 Å². The molecule has 0 saturated carbocycles. The Bertz CT molecular complexity index is 668. The average molecular weight is 289 g/mol. The lowest BCUT2D eigenvalue weighted by atomic mass is 10.0. The van der Waals surface area contributed by atoms with Crippen LogP contribution in [0, 0.1) is 6.92 Å². The molecule has 0 saturated heterocycles. The SMILES string of the molecule is Cc1c(Cl)nc(C(C)C)nc1-c1cccc2c1OCC2. The van der Waals surface area contributed by atoms with Crippen molar-refractivity contribution >= 4 is 11.6 Å². The predicted octanol–water partition coefficient (Wildman–Crippen LogP) is 4.16. The minimum absolute atomic E-state index is 0.240. The normalized spacial score (nSPS) is 13.4. The molecule has 3 nitrogen and oxygen atoms in total. The third-order valence-electron chi connectivity index (χ3n) is 3.59. The van der Waals surface area contributed by atoms with Crippen molar-refractivity contribution in [3.05, 3.63) is 40.3 Å². The molecule has 0 N–H and O–H groups in total. The molecule has 20 heavy (non-hydrogen) atoms. The summed E-state index contributed by atoms with van der Waals surface area (Å²) < 4.78 is 5.78. The zero-order valence-electron chi connectivity index (χ0n) is 11.9. The van der Waals surface area contributed by atoms with Gasteiger partial charge in [0.05, 0.1) is 12.3 Å². The summed E-state index contributed by atoms with van der Waals surface area (Å²) in [4.78, 5) is 9.07. The van der Waals surface area contributed by atoms with E-state index in [0.717, 1.165) is 41.4 Å². The molecule has 3 rings (SSSR count). The molecule has 1 aliphatic rings. The standard InChI is InChI=1S/C16H17ClN2O/c1-9(2)16-18-13(10(3)15(17)19-16)12-6-4-5-11-7-8-20-14(11)12/h4-6,9H,7-8H2,1-3H3. The highest BCUT2D eigenvalue weighted by Crippen LogP contribution is 2.38. The molecule has 0 spiro atoms. The lowest BCUT2D eigenvalue weighted by Gasteiger charge is -2.13. The molecule has 0 unspecified atom stereocenters. The predicted molar refractivity (Wildman–Crippen MR) is 80.5 cm³/mol. The summed E-state index contributed by atoms with van der Waals surface area (Å²) in [5, 5.41) is 0.523. The second kappa shape index (κ2) is 5.06. The lowest BCUT2D eigenvalue weighted by Crippen LogP contribution is -2.03. The fourth-order valence-corrected chi connectivity index (χ4v) is 2.60. The molecule has 1 aliphatic heterocycles. The minimum atomic E-state index is 0.240. The number of para-hydroxylation sites is 1. The maximum Gasteiger partial charge on any atom is 0.136 e. The van der Waals surface area contributed by atoms with Crippen molar-refractivity contribution in [3.8, 4) is 17.0 Å². The van der Waals surface area contributed by atoms with Gasteiger partial charge in [-0.05, 0) is 18.6 Å². The van der Waals surface area contributed by atoms with Gasteiger partial charge in [0.1, 0.15) is 16.7 Å². The van der Waals surface area contributed by atoms with Crippen LogP contribution < -0.4 is 4.74 Å². The van der Waals surface area contributed by atoms with Crippen LogP contribution in [0.5, 0.6) is 5.75 Å². The van der Waals surface area contributed by atoms with Crippen LogP contribution in [0.2, 0.25) is 5.15 Å². The number of rotatable bonds is 2. The van der Waals surface area contributed by atoms with Crippen molar-refractivity contribution in [2.45, 2.75) is 33.1 Å². The van der Waals surface area contributed by atoms with Gasteiger partial charge in [-0.25, -0.2) is 9.97 Å². The van der Waals surface area contributed by atoms with E-state index in [1.54, 1.807) is 0 Å². The highest BCUT2D eigenvalue weighted by molar-refractivity contribution is 6.30. The highest BCUT2D eigenvalue weighted by Gasteiger charge is 2.21. The van der Waals surface area contributed by atoms with Crippen LogP contribution in [-0.4, -0.2) is 16.6 Å². The Morgan fingerprint density at radius 3 is 2.80 bits per heavy atom. The van der Waals surface area contributed by atoms with Crippen molar-refractivity contribution in [2.75, 3.05) is 6.61 Å². The summed E-state index contributed by atoms with van der Waals surface area (Å²) in [7, 11) is 0. The summed E-state index contributed by atoms with van der Waals surface area (Å²) in [5.74, 6) is 1.95. The molecule has 1 aromatic carbocycles. The van der Waals surface area contributed by atoms with Crippen molar-refractivity contribution in [2.24, 2.45) is 0 Å². The highest BCUT2D eigenvalue weighted by atomic mass is 35.5. The average Bonchev–Trinajstić information content (AvgIpc) is 2.89. The van der Waals surface area contributed by atoms with Gasteiger partial charge in [-0.15, -0.1) is 0 Å². The lowest BCUT2D eigenvalue weighted by molar-refractivity contribution is 0.358. The first-order valence-corrected chi connectivity index (χ1v) is 7.25. The van der Waals surface area contributed by atoms with Crippen LogP contribution in [0.25, 0.3) is 11.3 Å². The molecule has 2 aromatic rings. The maximum absolute atomic E-state index is 6.27. The largest absolute Gasteiger partial charge is 0.492 e. The second-order valence-electron chi connectivity index (χ2n) is 5.39. The van der Waals surface area contributed by atoms with Crippen LogP contribution in [0.4, 0.5) is 0 Å². The van der Waals surface area contributed by atoms with Crippen LogP contribution in [0.1, 0.15) is 36.7 Å². The molecule has 0 radical (unpaired) electrons. The van der Waals surface area contributed by atoms with Gasteiger partial charge in [0, 0.05) is 23.5 Å². The van der Waals surface area contributed by atoms with Crippen LogP contribution in [0.15, 0.2) is 18.2 Å². The first kappa shape index (κ1) is 13.4. The fourth-order valence-electron chi connectivity index (χ4n) is 2.43. The molecule has 0 aliphatic carbocycles.